The van der Waals surface area contributed by atoms with Gasteiger partial charge in [0, 0.05) is 4.47 Å². The van der Waals surface area contributed by atoms with E-state index in [4.69, 9.17) is 0 Å². The minimum Gasteiger partial charge on any atom is -0.293 e. The molecule has 1 heterocycles. The predicted octanol–water partition coefficient (Wildman–Crippen LogP) is 2.42. The van der Waals surface area contributed by atoms with Gasteiger partial charge in [-0.25, -0.2) is 13.8 Å². The third kappa shape index (κ3) is 1.97. The van der Waals surface area contributed by atoms with E-state index >= 15 is 0 Å². The van der Waals surface area contributed by atoms with Crippen LogP contribution in [0.25, 0.3) is 10.9 Å². The first-order valence-electron chi connectivity index (χ1n) is 4.51. The van der Waals surface area contributed by atoms with Gasteiger partial charge in [-0.15, -0.1) is 0 Å². The van der Waals surface area contributed by atoms with Crippen molar-refractivity contribution in [3.8, 4) is 0 Å². The third-order valence-electron chi connectivity index (χ3n) is 2.14. The molecule has 0 aliphatic rings. The quantitative estimate of drug-likeness (QED) is 0.851. The summed E-state index contributed by atoms with van der Waals surface area (Å²) in [6.07, 6.45) is -1.43. The minimum atomic E-state index is -2.57. The molecule has 0 amide bonds. The lowest BCUT2D eigenvalue weighted by Gasteiger charge is -2.06. The van der Waals surface area contributed by atoms with Gasteiger partial charge in [-0.3, -0.25) is 9.36 Å². The number of para-hydroxylation sites is 1. The second kappa shape index (κ2) is 4.29. The topological polar surface area (TPSA) is 34.9 Å². The Bertz CT molecular complexity index is 583. The number of alkyl halides is 2. The number of fused-ring (bicyclic) bond motifs is 1. The lowest BCUT2D eigenvalue weighted by Crippen LogP contribution is -2.23. The molecule has 16 heavy (non-hydrogen) atoms. The zero-order chi connectivity index (χ0) is 11.7. The average molecular weight is 289 g/mol. The van der Waals surface area contributed by atoms with Crippen LogP contribution in [0.4, 0.5) is 8.78 Å². The normalized spacial score (nSPS) is 11.2. The Balaban J connectivity index is 2.66. The smallest absolute Gasteiger partial charge is 0.261 e. The SMILES string of the molecule is O=c1c2cccc(Br)c2ncn1CC(F)F. The van der Waals surface area contributed by atoms with Gasteiger partial charge in [0.05, 0.1) is 23.8 Å². The molecular formula is C10H7BrF2N2O. The van der Waals surface area contributed by atoms with Crippen LogP contribution in [0.5, 0.6) is 0 Å². The third-order valence-corrected chi connectivity index (χ3v) is 2.78. The largest absolute Gasteiger partial charge is 0.293 e. The zero-order valence-electron chi connectivity index (χ0n) is 8.03. The number of aromatic nitrogens is 2. The maximum Gasteiger partial charge on any atom is 0.261 e. The molecule has 1 aromatic carbocycles. The summed E-state index contributed by atoms with van der Waals surface area (Å²) in [7, 11) is 0. The summed E-state index contributed by atoms with van der Waals surface area (Å²) >= 11 is 3.25. The summed E-state index contributed by atoms with van der Waals surface area (Å²) in [5.41, 5.74) is 0.0321. The second-order valence-corrected chi connectivity index (χ2v) is 4.08. The molecule has 0 spiro atoms. The van der Waals surface area contributed by atoms with Crippen LogP contribution in [0.2, 0.25) is 0 Å². The van der Waals surface area contributed by atoms with E-state index in [9.17, 15) is 13.6 Å². The van der Waals surface area contributed by atoms with E-state index in [1.165, 1.54) is 0 Å². The molecule has 0 atom stereocenters. The number of nitrogens with zero attached hydrogens (tertiary/aromatic N) is 2. The van der Waals surface area contributed by atoms with Crippen LogP contribution in [-0.4, -0.2) is 16.0 Å². The Morgan fingerprint density at radius 3 is 2.88 bits per heavy atom. The van der Waals surface area contributed by atoms with Crippen LogP contribution >= 0.6 is 15.9 Å². The summed E-state index contributed by atoms with van der Waals surface area (Å²) in [5.74, 6) is 0. The van der Waals surface area contributed by atoms with E-state index in [0.29, 0.717) is 15.4 Å². The molecule has 0 unspecified atom stereocenters. The highest BCUT2D eigenvalue weighted by atomic mass is 79.9. The molecule has 0 saturated carbocycles. The molecule has 1 aromatic heterocycles. The fourth-order valence-electron chi connectivity index (χ4n) is 1.43. The highest BCUT2D eigenvalue weighted by Crippen LogP contribution is 2.18. The van der Waals surface area contributed by atoms with Crippen LogP contribution in [0, 0.1) is 0 Å². The van der Waals surface area contributed by atoms with Crippen LogP contribution in [-0.2, 0) is 6.54 Å². The first kappa shape index (κ1) is 11.2. The van der Waals surface area contributed by atoms with Crippen molar-refractivity contribution >= 4 is 26.8 Å². The van der Waals surface area contributed by atoms with E-state index in [2.05, 4.69) is 20.9 Å². The fourth-order valence-corrected chi connectivity index (χ4v) is 1.90. The maximum atomic E-state index is 12.2. The van der Waals surface area contributed by atoms with E-state index in [1.54, 1.807) is 18.2 Å². The molecule has 2 aromatic rings. The molecule has 0 aliphatic carbocycles. The van der Waals surface area contributed by atoms with Crippen LogP contribution in [0.3, 0.4) is 0 Å². The van der Waals surface area contributed by atoms with Crippen LogP contribution in [0.15, 0.2) is 33.8 Å². The molecule has 0 aliphatic heterocycles. The molecule has 84 valence electrons. The standard InChI is InChI=1S/C10H7BrF2N2O/c11-7-3-1-2-6-9(7)14-5-15(10(6)16)4-8(12)13/h1-3,5,8H,4H2. The van der Waals surface area contributed by atoms with Crippen molar-refractivity contribution in [3.05, 3.63) is 39.4 Å². The Hall–Kier alpha value is -1.30. The van der Waals surface area contributed by atoms with Crippen LogP contribution < -0.4 is 5.56 Å². The monoisotopic (exact) mass is 288 g/mol. The first-order chi connectivity index (χ1) is 7.59. The Morgan fingerprint density at radius 2 is 2.19 bits per heavy atom. The van der Waals surface area contributed by atoms with Crippen molar-refractivity contribution in [2.24, 2.45) is 0 Å². The summed E-state index contributed by atoms with van der Waals surface area (Å²) in [5, 5.41) is 0.331. The number of benzene rings is 1. The summed E-state index contributed by atoms with van der Waals surface area (Å²) in [4.78, 5) is 15.8. The molecule has 0 saturated heterocycles. The van der Waals surface area contributed by atoms with Gasteiger partial charge in [-0.2, -0.15) is 0 Å². The molecule has 6 heteroatoms. The van der Waals surface area contributed by atoms with Crippen molar-refractivity contribution in [1.29, 1.82) is 0 Å². The van der Waals surface area contributed by atoms with E-state index in [-0.39, 0.29) is 0 Å². The van der Waals surface area contributed by atoms with Gasteiger partial charge >= 0.3 is 0 Å². The van der Waals surface area contributed by atoms with Gasteiger partial charge in [0.25, 0.3) is 12.0 Å². The van der Waals surface area contributed by atoms with Gasteiger partial charge in [-0.05, 0) is 28.1 Å². The van der Waals surface area contributed by atoms with Gasteiger partial charge in [-0.1, -0.05) is 6.07 Å². The predicted molar refractivity (Wildman–Crippen MR) is 59.7 cm³/mol. The first-order valence-corrected chi connectivity index (χ1v) is 5.30. The van der Waals surface area contributed by atoms with Crippen molar-refractivity contribution in [1.82, 2.24) is 9.55 Å². The van der Waals surface area contributed by atoms with Crippen molar-refractivity contribution in [3.63, 3.8) is 0 Å². The lowest BCUT2D eigenvalue weighted by atomic mass is 10.2. The molecule has 3 nitrogen and oxygen atoms in total. The van der Waals surface area contributed by atoms with E-state index in [1.807, 2.05) is 0 Å². The van der Waals surface area contributed by atoms with Gasteiger partial charge in [0.1, 0.15) is 0 Å². The van der Waals surface area contributed by atoms with E-state index < -0.39 is 18.5 Å². The van der Waals surface area contributed by atoms with Gasteiger partial charge in [0.2, 0.25) is 0 Å². The molecule has 0 bridgehead atoms. The molecule has 0 radical (unpaired) electrons. The average Bonchev–Trinajstić information content (AvgIpc) is 2.23. The Labute approximate surface area is 97.9 Å². The fraction of sp³-hybridized carbons (Fsp3) is 0.200. The number of hydrogen-bond acceptors (Lipinski definition) is 2. The summed E-state index contributed by atoms with van der Waals surface area (Å²) < 4.78 is 26.0. The number of hydrogen-bond donors (Lipinski definition) is 0. The Kier molecular flexibility index (Phi) is 3.00. The van der Waals surface area contributed by atoms with Crippen molar-refractivity contribution in [2.45, 2.75) is 13.0 Å². The summed E-state index contributed by atoms with van der Waals surface area (Å²) in [6, 6.07) is 4.98. The van der Waals surface area contributed by atoms with Crippen molar-refractivity contribution < 1.29 is 8.78 Å². The lowest BCUT2D eigenvalue weighted by molar-refractivity contribution is 0.125. The molecular weight excluding hydrogens is 282 g/mol. The van der Waals surface area contributed by atoms with Crippen molar-refractivity contribution in [2.75, 3.05) is 0 Å². The molecule has 0 fully saturated rings. The zero-order valence-corrected chi connectivity index (χ0v) is 9.62. The molecule has 0 N–H and O–H groups in total. The maximum absolute atomic E-state index is 12.2. The Morgan fingerprint density at radius 1 is 1.44 bits per heavy atom. The number of halogens is 3. The summed E-state index contributed by atoms with van der Waals surface area (Å²) in [6.45, 7) is -0.631. The van der Waals surface area contributed by atoms with Gasteiger partial charge in [0.15, 0.2) is 0 Å². The number of rotatable bonds is 2. The van der Waals surface area contributed by atoms with E-state index in [0.717, 1.165) is 10.9 Å². The van der Waals surface area contributed by atoms with Gasteiger partial charge < -0.3 is 0 Å². The highest BCUT2D eigenvalue weighted by molar-refractivity contribution is 9.10. The highest BCUT2D eigenvalue weighted by Gasteiger charge is 2.09. The minimum absolute atomic E-state index is 0.331. The van der Waals surface area contributed by atoms with Crippen LogP contribution in [0.1, 0.15) is 0 Å². The molecule has 2 rings (SSSR count). The second-order valence-electron chi connectivity index (χ2n) is 3.23.